The minimum absolute atomic E-state index is 0.161. The maximum absolute atomic E-state index is 14.6. The van der Waals surface area contributed by atoms with Crippen molar-refractivity contribution in [1.29, 1.82) is 0 Å². The van der Waals surface area contributed by atoms with Gasteiger partial charge >= 0.3 is 6.18 Å². The van der Waals surface area contributed by atoms with Crippen molar-refractivity contribution in [3.63, 3.8) is 0 Å². The number of hydrogen-bond donors (Lipinski definition) is 0. The van der Waals surface area contributed by atoms with E-state index in [-0.39, 0.29) is 11.1 Å². The van der Waals surface area contributed by atoms with E-state index in [1.165, 1.54) is 18.2 Å². The SMILES string of the molecule is CCCC1COC(c2ccc(-c3ccc(C(F)(F)F)c(Cl)c3)c(F)c2)OC1. The Balaban J connectivity index is 1.79. The molecule has 1 fully saturated rings. The van der Waals surface area contributed by atoms with Crippen molar-refractivity contribution in [2.45, 2.75) is 32.2 Å². The Hall–Kier alpha value is -1.63. The first kappa shape index (κ1) is 20.1. The summed E-state index contributed by atoms with van der Waals surface area (Å²) in [7, 11) is 0. The molecule has 2 aromatic rings. The third-order valence-corrected chi connectivity index (χ3v) is 4.83. The van der Waals surface area contributed by atoms with Crippen LogP contribution in [0, 0.1) is 11.7 Å². The molecule has 0 amide bonds. The molecule has 146 valence electrons. The van der Waals surface area contributed by atoms with Crippen molar-refractivity contribution in [3.05, 3.63) is 58.4 Å². The van der Waals surface area contributed by atoms with E-state index in [1.807, 2.05) is 0 Å². The minimum Gasteiger partial charge on any atom is -0.348 e. The third kappa shape index (κ3) is 4.62. The second-order valence-corrected chi connectivity index (χ2v) is 6.99. The summed E-state index contributed by atoms with van der Waals surface area (Å²) >= 11 is 5.73. The van der Waals surface area contributed by atoms with Gasteiger partial charge in [-0.2, -0.15) is 13.2 Å². The largest absolute Gasteiger partial charge is 0.417 e. The lowest BCUT2D eigenvalue weighted by Crippen LogP contribution is -2.27. The molecule has 3 rings (SSSR count). The smallest absolute Gasteiger partial charge is 0.348 e. The molecule has 2 nitrogen and oxygen atoms in total. The highest BCUT2D eigenvalue weighted by atomic mass is 35.5. The molecule has 7 heteroatoms. The van der Waals surface area contributed by atoms with E-state index in [1.54, 1.807) is 6.07 Å². The number of halogens is 5. The summed E-state index contributed by atoms with van der Waals surface area (Å²) in [5, 5.41) is -0.468. The van der Waals surface area contributed by atoms with Crippen LogP contribution in [0.15, 0.2) is 36.4 Å². The number of rotatable bonds is 4. The highest BCUT2D eigenvalue weighted by Gasteiger charge is 2.33. The van der Waals surface area contributed by atoms with Crippen LogP contribution in [0.2, 0.25) is 5.02 Å². The van der Waals surface area contributed by atoms with Crippen LogP contribution < -0.4 is 0 Å². The molecular formula is C20H19ClF4O2. The van der Waals surface area contributed by atoms with Crippen LogP contribution in [0.1, 0.15) is 37.2 Å². The molecule has 2 aromatic carbocycles. The van der Waals surface area contributed by atoms with E-state index in [9.17, 15) is 17.6 Å². The number of hydrogen-bond acceptors (Lipinski definition) is 2. The predicted octanol–water partition coefficient (Wildman–Crippen LogP) is 6.63. The van der Waals surface area contributed by atoms with E-state index in [2.05, 4.69) is 6.92 Å². The minimum atomic E-state index is -4.55. The van der Waals surface area contributed by atoms with E-state index in [0.29, 0.717) is 24.7 Å². The van der Waals surface area contributed by atoms with Crippen LogP contribution in [0.4, 0.5) is 17.6 Å². The first-order valence-electron chi connectivity index (χ1n) is 8.69. The Morgan fingerprint density at radius 3 is 2.33 bits per heavy atom. The zero-order valence-corrected chi connectivity index (χ0v) is 15.4. The van der Waals surface area contributed by atoms with Gasteiger partial charge in [-0.3, -0.25) is 0 Å². The summed E-state index contributed by atoms with van der Waals surface area (Å²) in [6, 6.07) is 7.60. The fourth-order valence-electron chi connectivity index (χ4n) is 3.14. The van der Waals surface area contributed by atoms with Gasteiger partial charge in [0, 0.05) is 17.0 Å². The Bertz CT molecular complexity index is 799. The maximum atomic E-state index is 14.6. The van der Waals surface area contributed by atoms with Crippen LogP contribution in [-0.4, -0.2) is 13.2 Å². The van der Waals surface area contributed by atoms with Crippen molar-refractivity contribution in [1.82, 2.24) is 0 Å². The Kier molecular flexibility index (Phi) is 6.08. The molecule has 0 radical (unpaired) electrons. The molecule has 0 bridgehead atoms. The molecule has 0 unspecified atom stereocenters. The highest BCUT2D eigenvalue weighted by molar-refractivity contribution is 6.31. The number of benzene rings is 2. The van der Waals surface area contributed by atoms with Gasteiger partial charge in [0.2, 0.25) is 0 Å². The van der Waals surface area contributed by atoms with Gasteiger partial charge in [0.1, 0.15) is 5.82 Å². The van der Waals surface area contributed by atoms with Gasteiger partial charge in [-0.25, -0.2) is 4.39 Å². The fraction of sp³-hybridized carbons (Fsp3) is 0.400. The van der Waals surface area contributed by atoms with Crippen LogP contribution in [0.3, 0.4) is 0 Å². The molecule has 0 atom stereocenters. The Labute approximate surface area is 160 Å². The van der Waals surface area contributed by atoms with E-state index in [0.717, 1.165) is 25.0 Å². The Morgan fingerprint density at radius 2 is 1.78 bits per heavy atom. The summed E-state index contributed by atoms with van der Waals surface area (Å²) in [5.74, 6) is -0.240. The van der Waals surface area contributed by atoms with Crippen molar-refractivity contribution in [2.24, 2.45) is 5.92 Å². The number of alkyl halides is 3. The standard InChI is InChI=1S/C20H19ClF4O2/c1-2-3-12-10-26-19(27-11-12)14-4-6-15(18(22)9-14)13-5-7-16(17(21)8-13)20(23,24)25/h4-9,12,19H,2-3,10-11H2,1H3. The number of ether oxygens (including phenoxy) is 2. The summed E-state index contributed by atoms with van der Waals surface area (Å²) in [6.07, 6.45) is -3.14. The van der Waals surface area contributed by atoms with Crippen molar-refractivity contribution in [2.75, 3.05) is 13.2 Å². The summed E-state index contributed by atoms with van der Waals surface area (Å²) in [5.41, 5.74) is 0.0133. The molecule has 1 aliphatic rings. The summed E-state index contributed by atoms with van der Waals surface area (Å²) < 4.78 is 64.3. The maximum Gasteiger partial charge on any atom is 0.417 e. The average molecular weight is 403 g/mol. The van der Waals surface area contributed by atoms with Crippen LogP contribution in [-0.2, 0) is 15.7 Å². The van der Waals surface area contributed by atoms with Gasteiger partial charge in [-0.1, -0.05) is 43.1 Å². The lowest BCUT2D eigenvalue weighted by Gasteiger charge is -2.29. The molecule has 27 heavy (non-hydrogen) atoms. The molecule has 0 aromatic heterocycles. The first-order valence-corrected chi connectivity index (χ1v) is 9.07. The normalized spacial score (nSPS) is 20.7. The predicted molar refractivity (Wildman–Crippen MR) is 94.9 cm³/mol. The lowest BCUT2D eigenvalue weighted by atomic mass is 10.0. The molecule has 1 heterocycles. The van der Waals surface area contributed by atoms with Gasteiger partial charge in [0.15, 0.2) is 6.29 Å². The fourth-order valence-corrected chi connectivity index (χ4v) is 3.42. The second-order valence-electron chi connectivity index (χ2n) is 6.58. The van der Waals surface area contributed by atoms with Crippen molar-refractivity contribution >= 4 is 11.6 Å². The van der Waals surface area contributed by atoms with Gasteiger partial charge in [-0.15, -0.1) is 0 Å². The quantitative estimate of drug-likeness (QED) is 0.534. The van der Waals surface area contributed by atoms with Crippen LogP contribution in [0.25, 0.3) is 11.1 Å². The van der Waals surface area contributed by atoms with Gasteiger partial charge in [0.25, 0.3) is 0 Å². The average Bonchev–Trinajstić information content (AvgIpc) is 2.61. The zero-order chi connectivity index (χ0) is 19.6. The van der Waals surface area contributed by atoms with Crippen LogP contribution in [0.5, 0.6) is 0 Å². The lowest BCUT2D eigenvalue weighted by molar-refractivity contribution is -0.206. The molecule has 0 aliphatic carbocycles. The molecule has 0 spiro atoms. The molecular weight excluding hydrogens is 384 g/mol. The van der Waals surface area contributed by atoms with Gasteiger partial charge in [-0.05, 0) is 30.2 Å². The second kappa shape index (κ2) is 8.17. The summed E-state index contributed by atoms with van der Waals surface area (Å²) in [6.45, 7) is 3.19. The van der Waals surface area contributed by atoms with E-state index >= 15 is 0 Å². The van der Waals surface area contributed by atoms with Gasteiger partial charge < -0.3 is 9.47 Å². The molecule has 1 aliphatic heterocycles. The van der Waals surface area contributed by atoms with Crippen LogP contribution >= 0.6 is 11.6 Å². The van der Waals surface area contributed by atoms with Crippen molar-refractivity contribution < 1.29 is 27.0 Å². The highest BCUT2D eigenvalue weighted by Crippen LogP contribution is 2.38. The van der Waals surface area contributed by atoms with E-state index in [4.69, 9.17) is 21.1 Å². The zero-order valence-electron chi connectivity index (χ0n) is 14.7. The topological polar surface area (TPSA) is 18.5 Å². The van der Waals surface area contributed by atoms with Gasteiger partial charge in [0.05, 0.1) is 23.8 Å². The van der Waals surface area contributed by atoms with E-state index < -0.39 is 28.9 Å². The first-order chi connectivity index (χ1) is 12.8. The molecule has 0 N–H and O–H groups in total. The molecule has 1 saturated heterocycles. The Morgan fingerprint density at radius 1 is 1.07 bits per heavy atom. The third-order valence-electron chi connectivity index (χ3n) is 4.51. The monoisotopic (exact) mass is 402 g/mol. The summed E-state index contributed by atoms with van der Waals surface area (Å²) in [4.78, 5) is 0. The van der Waals surface area contributed by atoms with Crippen molar-refractivity contribution in [3.8, 4) is 11.1 Å². The molecule has 0 saturated carbocycles.